The number of aromatic nitrogens is 1. The first-order valence-electron chi connectivity index (χ1n) is 8.82. The molecule has 1 saturated heterocycles. The lowest BCUT2D eigenvalue weighted by Gasteiger charge is -2.31. The molecule has 0 radical (unpaired) electrons. The number of pyridine rings is 1. The molecule has 2 aliphatic rings. The van der Waals surface area contributed by atoms with Gasteiger partial charge in [-0.1, -0.05) is 0 Å². The highest BCUT2D eigenvalue weighted by Gasteiger charge is 2.28. The fourth-order valence-corrected chi connectivity index (χ4v) is 3.21. The van der Waals surface area contributed by atoms with E-state index in [1.54, 1.807) is 24.5 Å². The highest BCUT2D eigenvalue weighted by Crippen LogP contribution is 2.24. The Hall–Kier alpha value is -1.95. The van der Waals surface area contributed by atoms with Gasteiger partial charge in [-0.15, -0.1) is 0 Å². The van der Waals surface area contributed by atoms with Crippen molar-refractivity contribution in [2.75, 3.05) is 33.2 Å². The van der Waals surface area contributed by atoms with Crippen molar-refractivity contribution in [2.24, 2.45) is 5.92 Å². The summed E-state index contributed by atoms with van der Waals surface area (Å²) in [7, 11) is 2.12. The molecule has 1 N–H and O–H groups in total. The van der Waals surface area contributed by atoms with Gasteiger partial charge in [0.15, 0.2) is 0 Å². The van der Waals surface area contributed by atoms with Gasteiger partial charge in [0.1, 0.15) is 0 Å². The highest BCUT2D eigenvalue weighted by molar-refractivity contribution is 5.94. The molecule has 1 saturated carbocycles. The lowest BCUT2D eigenvalue weighted by atomic mass is 9.95. The molecule has 0 spiro atoms. The molecule has 6 nitrogen and oxygen atoms in total. The average molecular weight is 330 g/mol. The van der Waals surface area contributed by atoms with Gasteiger partial charge in [0, 0.05) is 50.5 Å². The van der Waals surface area contributed by atoms with Crippen molar-refractivity contribution in [3.8, 4) is 0 Å². The lowest BCUT2D eigenvalue weighted by Crippen LogP contribution is -2.44. The Morgan fingerprint density at radius 1 is 1.29 bits per heavy atom. The van der Waals surface area contributed by atoms with Crippen molar-refractivity contribution >= 4 is 11.8 Å². The molecule has 1 aliphatic carbocycles. The van der Waals surface area contributed by atoms with Gasteiger partial charge in [0.05, 0.1) is 5.56 Å². The number of amides is 2. The zero-order valence-electron chi connectivity index (χ0n) is 14.3. The third-order valence-electron chi connectivity index (χ3n) is 5.00. The number of carbonyl (C=O) groups excluding carboxylic acids is 2. The van der Waals surface area contributed by atoms with E-state index in [1.165, 1.54) is 12.8 Å². The number of nitrogens with zero attached hydrogens (tertiary/aromatic N) is 3. The first-order chi connectivity index (χ1) is 11.6. The van der Waals surface area contributed by atoms with Crippen LogP contribution in [0.1, 0.15) is 36.0 Å². The number of carbonyl (C=O) groups is 2. The van der Waals surface area contributed by atoms with Gasteiger partial charge in [-0.3, -0.25) is 14.6 Å². The third kappa shape index (κ3) is 4.32. The van der Waals surface area contributed by atoms with E-state index in [0.717, 1.165) is 25.4 Å². The number of rotatable bonds is 6. The normalized spacial score (nSPS) is 18.7. The lowest BCUT2D eigenvalue weighted by molar-refractivity contribution is -0.126. The second-order valence-electron chi connectivity index (χ2n) is 6.81. The monoisotopic (exact) mass is 330 g/mol. The second-order valence-corrected chi connectivity index (χ2v) is 6.81. The van der Waals surface area contributed by atoms with Gasteiger partial charge >= 0.3 is 0 Å². The fourth-order valence-electron chi connectivity index (χ4n) is 3.21. The number of likely N-dealkylation sites (tertiary alicyclic amines) is 1. The molecule has 0 unspecified atom stereocenters. The number of hydrogen-bond donors (Lipinski definition) is 1. The van der Waals surface area contributed by atoms with Gasteiger partial charge in [-0.2, -0.15) is 0 Å². The first kappa shape index (κ1) is 16.9. The fraction of sp³-hybridized carbons (Fsp3) is 0.611. The van der Waals surface area contributed by atoms with Crippen molar-refractivity contribution in [1.29, 1.82) is 0 Å². The van der Waals surface area contributed by atoms with Gasteiger partial charge in [0.25, 0.3) is 5.91 Å². The van der Waals surface area contributed by atoms with E-state index in [0.29, 0.717) is 25.2 Å². The summed E-state index contributed by atoms with van der Waals surface area (Å²) in [6.45, 7) is 2.89. The second kappa shape index (κ2) is 7.75. The van der Waals surface area contributed by atoms with E-state index in [1.807, 2.05) is 4.90 Å². The van der Waals surface area contributed by atoms with Crippen LogP contribution in [0.15, 0.2) is 24.5 Å². The molecule has 2 amide bonds. The summed E-state index contributed by atoms with van der Waals surface area (Å²) in [4.78, 5) is 32.8. The van der Waals surface area contributed by atoms with Crippen LogP contribution >= 0.6 is 0 Å². The SMILES string of the molecule is CN(CCNC(=O)C1CCN(C(=O)c2cccnc2)CC1)C1CC1. The molecule has 1 aromatic rings. The van der Waals surface area contributed by atoms with Gasteiger partial charge in [-0.25, -0.2) is 0 Å². The van der Waals surface area contributed by atoms with Crippen LogP contribution in [-0.4, -0.2) is 65.9 Å². The first-order valence-corrected chi connectivity index (χ1v) is 8.82. The summed E-state index contributed by atoms with van der Waals surface area (Å²) in [5, 5.41) is 3.05. The zero-order valence-corrected chi connectivity index (χ0v) is 14.3. The summed E-state index contributed by atoms with van der Waals surface area (Å²) in [6.07, 6.45) is 7.29. The Balaban J connectivity index is 1.39. The number of piperidine rings is 1. The van der Waals surface area contributed by atoms with Crippen LogP contribution in [0, 0.1) is 5.92 Å². The van der Waals surface area contributed by atoms with Gasteiger partial charge in [0.2, 0.25) is 5.91 Å². The average Bonchev–Trinajstić information content (AvgIpc) is 3.47. The smallest absolute Gasteiger partial charge is 0.255 e. The molecule has 1 aromatic heterocycles. The van der Waals surface area contributed by atoms with Gasteiger partial charge < -0.3 is 15.1 Å². The van der Waals surface area contributed by atoms with Crippen LogP contribution in [0.4, 0.5) is 0 Å². The molecule has 0 atom stereocenters. The van der Waals surface area contributed by atoms with Crippen LogP contribution in [-0.2, 0) is 4.79 Å². The van der Waals surface area contributed by atoms with Crippen molar-refractivity contribution < 1.29 is 9.59 Å². The summed E-state index contributed by atoms with van der Waals surface area (Å²) in [5.74, 6) is 0.162. The van der Waals surface area contributed by atoms with Crippen molar-refractivity contribution in [1.82, 2.24) is 20.1 Å². The van der Waals surface area contributed by atoms with E-state index in [-0.39, 0.29) is 17.7 Å². The molecule has 6 heteroatoms. The molecule has 3 rings (SSSR count). The predicted octanol–water partition coefficient (Wildman–Crippen LogP) is 1.14. The van der Waals surface area contributed by atoms with Gasteiger partial charge in [-0.05, 0) is 44.9 Å². The maximum atomic E-state index is 12.4. The largest absolute Gasteiger partial charge is 0.355 e. The van der Waals surface area contributed by atoms with Crippen LogP contribution in [0.25, 0.3) is 0 Å². The van der Waals surface area contributed by atoms with E-state index >= 15 is 0 Å². The summed E-state index contributed by atoms with van der Waals surface area (Å²) in [6, 6.07) is 4.28. The summed E-state index contributed by atoms with van der Waals surface area (Å²) in [5.41, 5.74) is 0.614. The molecular weight excluding hydrogens is 304 g/mol. The predicted molar refractivity (Wildman–Crippen MR) is 91.5 cm³/mol. The van der Waals surface area contributed by atoms with Crippen LogP contribution < -0.4 is 5.32 Å². The van der Waals surface area contributed by atoms with E-state index in [2.05, 4.69) is 22.2 Å². The number of likely N-dealkylation sites (N-methyl/N-ethyl adjacent to an activating group) is 1. The maximum absolute atomic E-state index is 12.4. The summed E-state index contributed by atoms with van der Waals surface area (Å²) >= 11 is 0. The van der Waals surface area contributed by atoms with E-state index in [9.17, 15) is 9.59 Å². The minimum atomic E-state index is 0.00742. The molecule has 0 bridgehead atoms. The maximum Gasteiger partial charge on any atom is 0.255 e. The number of nitrogens with one attached hydrogen (secondary N) is 1. The molecular formula is C18H26N4O2. The van der Waals surface area contributed by atoms with Crippen molar-refractivity contribution in [3.63, 3.8) is 0 Å². The molecule has 130 valence electrons. The molecule has 0 aromatic carbocycles. The van der Waals surface area contributed by atoms with Crippen molar-refractivity contribution in [2.45, 2.75) is 31.7 Å². The quantitative estimate of drug-likeness (QED) is 0.850. The Kier molecular flexibility index (Phi) is 5.45. The topological polar surface area (TPSA) is 65.5 Å². The molecule has 2 heterocycles. The Morgan fingerprint density at radius 3 is 2.67 bits per heavy atom. The molecule has 1 aliphatic heterocycles. The van der Waals surface area contributed by atoms with Crippen molar-refractivity contribution in [3.05, 3.63) is 30.1 Å². The van der Waals surface area contributed by atoms with Crippen LogP contribution in [0.3, 0.4) is 0 Å². The van der Waals surface area contributed by atoms with E-state index in [4.69, 9.17) is 0 Å². The summed E-state index contributed by atoms with van der Waals surface area (Å²) < 4.78 is 0. The van der Waals surface area contributed by atoms with Crippen LogP contribution in [0.2, 0.25) is 0 Å². The Labute approximate surface area is 143 Å². The minimum absolute atomic E-state index is 0.00742. The zero-order chi connectivity index (χ0) is 16.9. The third-order valence-corrected chi connectivity index (χ3v) is 5.00. The molecule has 2 fully saturated rings. The van der Waals surface area contributed by atoms with Crippen LogP contribution in [0.5, 0.6) is 0 Å². The Bertz CT molecular complexity index is 566. The molecule has 24 heavy (non-hydrogen) atoms. The van der Waals surface area contributed by atoms with E-state index < -0.39 is 0 Å². The number of hydrogen-bond acceptors (Lipinski definition) is 4. The Morgan fingerprint density at radius 2 is 2.04 bits per heavy atom. The highest BCUT2D eigenvalue weighted by atomic mass is 16.2. The minimum Gasteiger partial charge on any atom is -0.355 e. The standard InChI is InChI=1S/C18H26N4O2/c1-21(16-4-5-16)12-9-20-17(23)14-6-10-22(11-7-14)18(24)15-3-2-8-19-13-15/h2-3,8,13-14,16H,4-7,9-12H2,1H3,(H,20,23).